The van der Waals surface area contributed by atoms with E-state index in [1.54, 1.807) is 30.3 Å². The summed E-state index contributed by atoms with van der Waals surface area (Å²) < 4.78 is 18.6. The normalized spacial score (nSPS) is 12.8. The van der Waals surface area contributed by atoms with E-state index in [9.17, 15) is 9.50 Å². The third-order valence-electron chi connectivity index (χ3n) is 3.12. The Bertz CT molecular complexity index is 709. The summed E-state index contributed by atoms with van der Waals surface area (Å²) in [6.07, 6.45) is -1.07. The van der Waals surface area contributed by atoms with Crippen molar-refractivity contribution >= 4 is 23.2 Å². The lowest BCUT2D eigenvalue weighted by Gasteiger charge is -2.11. The first kappa shape index (κ1) is 17.1. The highest BCUT2D eigenvalue weighted by Crippen LogP contribution is 2.27. The van der Waals surface area contributed by atoms with Crippen LogP contribution < -0.4 is 15.8 Å². The second-order valence-corrected chi connectivity index (χ2v) is 5.14. The molecule has 0 aliphatic carbocycles. The Morgan fingerprint density at radius 2 is 2.13 bits per heavy atom. The number of nitrogens with one attached hydrogen (secondary N) is 1. The number of aliphatic hydroxyl groups is 1. The van der Waals surface area contributed by atoms with Crippen LogP contribution in [-0.4, -0.2) is 24.7 Å². The number of rotatable bonds is 5. The van der Waals surface area contributed by atoms with Gasteiger partial charge in [-0.1, -0.05) is 29.8 Å². The van der Waals surface area contributed by atoms with Crippen LogP contribution in [0, 0.1) is 5.82 Å². The molecule has 0 heterocycles. The third kappa shape index (κ3) is 4.58. The van der Waals surface area contributed by atoms with Gasteiger partial charge in [0.15, 0.2) is 5.96 Å². The number of guanidine groups is 1. The van der Waals surface area contributed by atoms with Gasteiger partial charge in [-0.3, -0.25) is 4.99 Å². The summed E-state index contributed by atoms with van der Waals surface area (Å²) in [6, 6.07) is 11.0. The molecular weight excluding hydrogens is 321 g/mol. The van der Waals surface area contributed by atoms with Crippen LogP contribution in [0.5, 0.6) is 5.75 Å². The molecular formula is C16H17ClFN3O2. The van der Waals surface area contributed by atoms with Gasteiger partial charge in [0.2, 0.25) is 0 Å². The van der Waals surface area contributed by atoms with Gasteiger partial charge < -0.3 is 20.9 Å². The fraction of sp³-hybridized carbons (Fsp3) is 0.188. The average Bonchev–Trinajstić information content (AvgIpc) is 2.53. The summed E-state index contributed by atoms with van der Waals surface area (Å²) in [4.78, 5) is 4.00. The van der Waals surface area contributed by atoms with E-state index in [0.29, 0.717) is 16.5 Å². The van der Waals surface area contributed by atoms with Crippen molar-refractivity contribution in [1.82, 2.24) is 0 Å². The minimum atomic E-state index is -1.07. The Balaban J connectivity index is 2.00. The monoisotopic (exact) mass is 337 g/mol. The molecule has 0 saturated heterocycles. The molecule has 4 N–H and O–H groups in total. The van der Waals surface area contributed by atoms with E-state index in [-0.39, 0.29) is 18.1 Å². The number of halogens is 2. The Labute approximate surface area is 138 Å². The van der Waals surface area contributed by atoms with Crippen molar-refractivity contribution in [3.05, 3.63) is 58.9 Å². The smallest absolute Gasteiger partial charge is 0.193 e. The summed E-state index contributed by atoms with van der Waals surface area (Å²) in [5, 5.41) is 13.2. The highest BCUT2D eigenvalue weighted by atomic mass is 35.5. The summed E-state index contributed by atoms with van der Waals surface area (Å²) in [5.74, 6) is 0.146. The van der Waals surface area contributed by atoms with Gasteiger partial charge in [0.25, 0.3) is 0 Å². The van der Waals surface area contributed by atoms with E-state index in [4.69, 9.17) is 22.1 Å². The molecule has 0 bridgehead atoms. The number of nitrogens with zero attached hydrogens (tertiary/aromatic N) is 1. The first-order chi connectivity index (χ1) is 11.0. The van der Waals surface area contributed by atoms with Crippen molar-refractivity contribution in [2.45, 2.75) is 6.10 Å². The lowest BCUT2D eigenvalue weighted by atomic mass is 10.1. The molecule has 23 heavy (non-hydrogen) atoms. The zero-order valence-electron chi connectivity index (χ0n) is 12.5. The highest BCUT2D eigenvalue weighted by Gasteiger charge is 2.11. The molecule has 0 fully saturated rings. The molecule has 0 spiro atoms. The number of hydrogen-bond donors (Lipinski definition) is 3. The van der Waals surface area contributed by atoms with E-state index >= 15 is 0 Å². The number of aliphatic imine (C=N–C) groups is 1. The number of aliphatic hydroxyl groups excluding tert-OH is 1. The van der Waals surface area contributed by atoms with E-state index in [1.807, 2.05) is 0 Å². The summed E-state index contributed by atoms with van der Waals surface area (Å²) in [6.45, 7) is -0.0658. The number of hydrogen-bond acceptors (Lipinski definition) is 3. The van der Waals surface area contributed by atoms with Crippen LogP contribution in [0.1, 0.15) is 11.7 Å². The van der Waals surface area contributed by atoms with Gasteiger partial charge in [0.05, 0.1) is 18.7 Å². The molecule has 2 rings (SSSR count). The van der Waals surface area contributed by atoms with Gasteiger partial charge in [-0.05, 0) is 24.3 Å². The van der Waals surface area contributed by atoms with E-state index in [1.165, 1.54) is 19.2 Å². The van der Waals surface area contributed by atoms with Crippen molar-refractivity contribution in [3.63, 3.8) is 0 Å². The van der Waals surface area contributed by atoms with Gasteiger partial charge >= 0.3 is 0 Å². The van der Waals surface area contributed by atoms with Crippen LogP contribution in [0.2, 0.25) is 5.02 Å². The zero-order chi connectivity index (χ0) is 16.8. The summed E-state index contributed by atoms with van der Waals surface area (Å²) in [7, 11) is 1.52. The van der Waals surface area contributed by atoms with Gasteiger partial charge in [-0.25, -0.2) is 4.39 Å². The lowest BCUT2D eigenvalue weighted by molar-refractivity contribution is 0.182. The number of anilines is 1. The number of nitrogens with two attached hydrogens (primary N) is 1. The van der Waals surface area contributed by atoms with Gasteiger partial charge in [-0.15, -0.1) is 0 Å². The molecule has 5 nitrogen and oxygen atoms in total. The maximum atomic E-state index is 13.5. The first-order valence-electron chi connectivity index (χ1n) is 6.84. The Morgan fingerprint density at radius 1 is 1.39 bits per heavy atom. The Morgan fingerprint density at radius 3 is 2.78 bits per heavy atom. The van der Waals surface area contributed by atoms with Crippen LogP contribution in [0.3, 0.4) is 0 Å². The highest BCUT2D eigenvalue weighted by molar-refractivity contribution is 6.32. The van der Waals surface area contributed by atoms with Crippen LogP contribution in [0.25, 0.3) is 0 Å². The number of methoxy groups -OCH3 is 1. The Hall–Kier alpha value is -2.31. The molecule has 2 aromatic rings. The molecule has 0 aliphatic rings. The summed E-state index contributed by atoms with van der Waals surface area (Å²) in [5.41, 5.74) is 6.55. The van der Waals surface area contributed by atoms with Gasteiger partial charge in [0.1, 0.15) is 17.7 Å². The molecule has 7 heteroatoms. The standard InChI is InChI=1S/C16H17ClFN3O2/c1-23-15-7-6-10(8-12(15)17)21-16(19)20-9-14(22)11-4-2-3-5-13(11)18/h2-8,14,22H,9H2,1H3,(H3,19,20,21). The summed E-state index contributed by atoms with van der Waals surface area (Å²) >= 11 is 6.01. The van der Waals surface area contributed by atoms with E-state index < -0.39 is 11.9 Å². The average molecular weight is 338 g/mol. The quantitative estimate of drug-likeness (QED) is 0.579. The molecule has 0 aromatic heterocycles. The van der Waals surface area contributed by atoms with E-state index in [2.05, 4.69) is 10.3 Å². The van der Waals surface area contributed by atoms with Gasteiger partial charge in [-0.2, -0.15) is 0 Å². The second kappa shape index (κ2) is 7.80. The lowest BCUT2D eigenvalue weighted by Crippen LogP contribution is -2.23. The maximum absolute atomic E-state index is 13.5. The van der Waals surface area contributed by atoms with Crippen LogP contribution >= 0.6 is 11.6 Å². The number of benzene rings is 2. The molecule has 1 unspecified atom stereocenters. The van der Waals surface area contributed by atoms with Crippen molar-refractivity contribution in [1.29, 1.82) is 0 Å². The van der Waals surface area contributed by atoms with Crippen LogP contribution in [0.4, 0.5) is 10.1 Å². The molecule has 122 valence electrons. The molecule has 0 aliphatic heterocycles. The largest absolute Gasteiger partial charge is 0.495 e. The van der Waals surface area contributed by atoms with Crippen LogP contribution in [0.15, 0.2) is 47.5 Å². The SMILES string of the molecule is COc1ccc(NC(N)=NCC(O)c2ccccc2F)cc1Cl. The van der Waals surface area contributed by atoms with Crippen molar-refractivity contribution in [3.8, 4) is 5.75 Å². The zero-order valence-corrected chi connectivity index (χ0v) is 13.2. The Kier molecular flexibility index (Phi) is 5.78. The first-order valence-corrected chi connectivity index (χ1v) is 7.22. The fourth-order valence-corrected chi connectivity index (χ4v) is 2.22. The van der Waals surface area contributed by atoms with Crippen molar-refractivity contribution < 1.29 is 14.2 Å². The predicted molar refractivity (Wildman–Crippen MR) is 89.5 cm³/mol. The van der Waals surface area contributed by atoms with Crippen molar-refractivity contribution in [2.24, 2.45) is 10.7 Å². The van der Waals surface area contributed by atoms with E-state index in [0.717, 1.165) is 0 Å². The third-order valence-corrected chi connectivity index (χ3v) is 3.42. The molecule has 0 saturated carbocycles. The van der Waals surface area contributed by atoms with Gasteiger partial charge in [0, 0.05) is 11.3 Å². The second-order valence-electron chi connectivity index (χ2n) is 4.74. The maximum Gasteiger partial charge on any atom is 0.193 e. The molecule has 2 aromatic carbocycles. The molecule has 0 amide bonds. The number of ether oxygens (including phenoxy) is 1. The molecule has 0 radical (unpaired) electrons. The fourth-order valence-electron chi connectivity index (χ4n) is 1.96. The van der Waals surface area contributed by atoms with Crippen molar-refractivity contribution in [2.75, 3.05) is 19.0 Å². The minimum Gasteiger partial charge on any atom is -0.495 e. The topological polar surface area (TPSA) is 79.9 Å². The minimum absolute atomic E-state index is 0.0658. The predicted octanol–water partition coefficient (Wildman–Crippen LogP) is 2.95. The molecule has 1 atom stereocenters. The van der Waals surface area contributed by atoms with Crippen LogP contribution in [-0.2, 0) is 0 Å².